The van der Waals surface area contributed by atoms with Gasteiger partial charge in [0, 0.05) is 32.7 Å². The number of pyridine rings is 1. The number of rotatable bonds is 5. The smallest absolute Gasteiger partial charge is 0.355 e. The summed E-state index contributed by atoms with van der Waals surface area (Å²) in [6.45, 7) is 4.50. The van der Waals surface area contributed by atoms with Crippen molar-refractivity contribution in [3.8, 4) is 0 Å². The Morgan fingerprint density at radius 3 is 2.39 bits per heavy atom. The number of hydrogen-bond donors (Lipinski definition) is 1. The first-order chi connectivity index (χ1) is 15.9. The lowest BCUT2D eigenvalue weighted by Gasteiger charge is -2.23. The fourth-order valence-corrected chi connectivity index (χ4v) is 3.97. The number of nitrogens with zero attached hydrogens (tertiary/aromatic N) is 3. The first-order valence-electron chi connectivity index (χ1n) is 10.8. The number of amides is 1. The van der Waals surface area contributed by atoms with Gasteiger partial charge in [-0.1, -0.05) is 42.5 Å². The molecule has 1 aliphatic heterocycles. The molecule has 2 heterocycles. The van der Waals surface area contributed by atoms with Crippen molar-refractivity contribution < 1.29 is 18.0 Å². The predicted octanol–water partition coefficient (Wildman–Crippen LogP) is 5.07. The van der Waals surface area contributed by atoms with Crippen molar-refractivity contribution in [2.75, 3.05) is 36.4 Å². The summed E-state index contributed by atoms with van der Waals surface area (Å²) in [4.78, 5) is 21.5. The summed E-state index contributed by atoms with van der Waals surface area (Å²) in [5.74, 6) is -0.0333. The second kappa shape index (κ2) is 10.0. The first kappa shape index (κ1) is 22.8. The van der Waals surface area contributed by atoms with E-state index in [9.17, 15) is 18.0 Å². The number of alkyl halides is 3. The molecule has 8 heteroatoms. The molecule has 172 valence electrons. The molecule has 2 aromatic carbocycles. The molecule has 0 radical (unpaired) electrons. The van der Waals surface area contributed by atoms with Crippen LogP contribution in [0, 0.1) is 0 Å². The molecule has 3 aromatic rings. The molecule has 5 nitrogen and oxygen atoms in total. The molecular formula is C25H25F3N4O. The van der Waals surface area contributed by atoms with Crippen molar-refractivity contribution in [1.82, 2.24) is 9.88 Å². The minimum absolute atomic E-state index is 0.348. The normalized spacial score (nSPS) is 15.2. The molecule has 1 amide bonds. The maximum absolute atomic E-state index is 13.2. The quantitative estimate of drug-likeness (QED) is 0.585. The molecule has 0 saturated carbocycles. The molecule has 1 saturated heterocycles. The molecule has 1 fully saturated rings. The summed E-state index contributed by atoms with van der Waals surface area (Å²) in [6.07, 6.45) is -2.12. The van der Waals surface area contributed by atoms with Crippen molar-refractivity contribution in [1.29, 1.82) is 0 Å². The van der Waals surface area contributed by atoms with Gasteiger partial charge in [-0.2, -0.15) is 13.2 Å². The Balaban J connectivity index is 1.37. The fraction of sp³-hybridized carbons (Fsp3) is 0.280. The SMILES string of the molecule is O=C(Nc1ccc(N2CCCN(Cc3ccccc3)CC2)nc1)c1ccccc1C(F)(F)F. The van der Waals surface area contributed by atoms with Crippen LogP contribution in [0.4, 0.5) is 24.7 Å². The van der Waals surface area contributed by atoms with Crippen LogP contribution in [-0.2, 0) is 12.7 Å². The zero-order chi connectivity index (χ0) is 23.3. The van der Waals surface area contributed by atoms with Gasteiger partial charge in [0.15, 0.2) is 0 Å². The molecule has 0 spiro atoms. The zero-order valence-corrected chi connectivity index (χ0v) is 18.1. The van der Waals surface area contributed by atoms with E-state index < -0.39 is 23.2 Å². The van der Waals surface area contributed by atoms with Crippen molar-refractivity contribution in [2.45, 2.75) is 19.1 Å². The first-order valence-corrected chi connectivity index (χ1v) is 10.8. The Hall–Kier alpha value is -3.39. The van der Waals surface area contributed by atoms with Gasteiger partial charge in [-0.25, -0.2) is 4.98 Å². The Labute approximate surface area is 190 Å². The van der Waals surface area contributed by atoms with Crippen LogP contribution in [0.15, 0.2) is 72.9 Å². The number of anilines is 2. The van der Waals surface area contributed by atoms with Gasteiger partial charge in [0.1, 0.15) is 5.82 Å². The largest absolute Gasteiger partial charge is 0.417 e. The van der Waals surface area contributed by atoms with Crippen LogP contribution in [-0.4, -0.2) is 42.0 Å². The van der Waals surface area contributed by atoms with Gasteiger partial charge in [-0.05, 0) is 36.2 Å². The van der Waals surface area contributed by atoms with E-state index in [4.69, 9.17) is 0 Å². The number of carbonyl (C=O) groups is 1. The summed E-state index contributed by atoms with van der Waals surface area (Å²) >= 11 is 0. The lowest BCUT2D eigenvalue weighted by molar-refractivity contribution is -0.137. The van der Waals surface area contributed by atoms with Crippen LogP contribution >= 0.6 is 0 Å². The molecule has 0 aliphatic carbocycles. The van der Waals surface area contributed by atoms with Crippen molar-refractivity contribution in [3.05, 3.63) is 89.6 Å². The zero-order valence-electron chi connectivity index (χ0n) is 18.1. The van der Waals surface area contributed by atoms with E-state index >= 15 is 0 Å². The van der Waals surface area contributed by atoms with E-state index in [0.29, 0.717) is 5.69 Å². The monoisotopic (exact) mass is 454 g/mol. The van der Waals surface area contributed by atoms with Crippen LogP contribution < -0.4 is 10.2 Å². The standard InChI is InChI=1S/C25H25F3N4O/c26-25(27,28)22-10-5-4-9-21(22)24(33)30-20-11-12-23(29-17-20)32-14-6-13-31(15-16-32)18-19-7-2-1-3-8-19/h1-5,7-12,17H,6,13-16,18H2,(H,30,33). The van der Waals surface area contributed by atoms with Crippen molar-refractivity contribution in [2.24, 2.45) is 0 Å². The maximum Gasteiger partial charge on any atom is 0.417 e. The molecule has 1 aliphatic rings. The fourth-order valence-electron chi connectivity index (χ4n) is 3.97. The van der Waals surface area contributed by atoms with E-state index in [1.54, 1.807) is 12.1 Å². The topological polar surface area (TPSA) is 48.5 Å². The van der Waals surface area contributed by atoms with Crippen LogP contribution in [0.5, 0.6) is 0 Å². The summed E-state index contributed by atoms with van der Waals surface area (Å²) in [6, 6.07) is 18.6. The Bertz CT molecular complexity index is 1070. The summed E-state index contributed by atoms with van der Waals surface area (Å²) in [7, 11) is 0. The Morgan fingerprint density at radius 2 is 1.67 bits per heavy atom. The number of benzene rings is 2. The molecule has 1 aromatic heterocycles. The summed E-state index contributed by atoms with van der Waals surface area (Å²) in [5.41, 5.74) is 0.259. The van der Waals surface area contributed by atoms with Crippen LogP contribution in [0.2, 0.25) is 0 Å². The lowest BCUT2D eigenvalue weighted by atomic mass is 10.1. The molecule has 0 unspecified atom stereocenters. The number of aromatic nitrogens is 1. The molecular weight excluding hydrogens is 429 g/mol. The van der Waals surface area contributed by atoms with Gasteiger partial charge in [-0.15, -0.1) is 0 Å². The van der Waals surface area contributed by atoms with E-state index in [2.05, 4.69) is 32.2 Å². The highest BCUT2D eigenvalue weighted by molar-refractivity contribution is 6.05. The Kier molecular flexibility index (Phi) is 6.93. The minimum Gasteiger partial charge on any atom is -0.355 e. The van der Waals surface area contributed by atoms with E-state index in [-0.39, 0.29) is 0 Å². The second-order valence-electron chi connectivity index (χ2n) is 8.00. The van der Waals surface area contributed by atoms with Gasteiger partial charge < -0.3 is 10.2 Å². The number of hydrogen-bond acceptors (Lipinski definition) is 4. The van der Waals surface area contributed by atoms with Gasteiger partial charge in [0.2, 0.25) is 0 Å². The lowest BCUT2D eigenvalue weighted by Crippen LogP contribution is -2.31. The van der Waals surface area contributed by atoms with E-state index in [0.717, 1.165) is 51.0 Å². The van der Waals surface area contributed by atoms with E-state index in [1.165, 1.54) is 30.0 Å². The molecule has 4 rings (SSSR count). The predicted molar refractivity (Wildman–Crippen MR) is 122 cm³/mol. The highest BCUT2D eigenvalue weighted by atomic mass is 19.4. The number of nitrogens with one attached hydrogen (secondary N) is 1. The van der Waals surface area contributed by atoms with Crippen molar-refractivity contribution in [3.63, 3.8) is 0 Å². The van der Waals surface area contributed by atoms with Crippen LogP contribution in [0.3, 0.4) is 0 Å². The van der Waals surface area contributed by atoms with Crippen LogP contribution in [0.1, 0.15) is 27.9 Å². The maximum atomic E-state index is 13.2. The third-order valence-electron chi connectivity index (χ3n) is 5.64. The molecule has 1 N–H and O–H groups in total. The molecule has 0 bridgehead atoms. The molecule has 33 heavy (non-hydrogen) atoms. The third kappa shape index (κ3) is 5.90. The van der Waals surface area contributed by atoms with Gasteiger partial charge >= 0.3 is 6.18 Å². The minimum atomic E-state index is -4.60. The molecule has 0 atom stereocenters. The highest BCUT2D eigenvalue weighted by Gasteiger charge is 2.34. The van der Waals surface area contributed by atoms with E-state index in [1.807, 2.05) is 18.2 Å². The van der Waals surface area contributed by atoms with Gasteiger partial charge in [0.25, 0.3) is 5.91 Å². The Morgan fingerprint density at radius 1 is 0.909 bits per heavy atom. The summed E-state index contributed by atoms with van der Waals surface area (Å²) < 4.78 is 39.6. The van der Waals surface area contributed by atoms with Gasteiger partial charge in [-0.3, -0.25) is 9.69 Å². The average Bonchev–Trinajstić information content (AvgIpc) is 3.05. The average molecular weight is 454 g/mol. The number of carbonyl (C=O) groups excluding carboxylic acids is 1. The number of halogens is 3. The second-order valence-corrected chi connectivity index (χ2v) is 8.00. The highest BCUT2D eigenvalue weighted by Crippen LogP contribution is 2.32. The van der Waals surface area contributed by atoms with Crippen molar-refractivity contribution >= 4 is 17.4 Å². The van der Waals surface area contributed by atoms with Crippen LogP contribution in [0.25, 0.3) is 0 Å². The van der Waals surface area contributed by atoms with Gasteiger partial charge in [0.05, 0.1) is 23.0 Å². The summed E-state index contributed by atoms with van der Waals surface area (Å²) in [5, 5.41) is 2.52. The third-order valence-corrected chi connectivity index (χ3v) is 5.64.